The number of methoxy groups -OCH3 is 1. The maximum Gasteiger partial charge on any atom is 0.245 e. The lowest BCUT2D eigenvalue weighted by atomic mass is 10.1. The molecule has 0 spiro atoms. The summed E-state index contributed by atoms with van der Waals surface area (Å²) in [6.07, 6.45) is 0. The highest BCUT2D eigenvalue weighted by Gasteiger charge is 2.35. The van der Waals surface area contributed by atoms with E-state index in [0.717, 1.165) is 11.3 Å². The fraction of sp³-hybridized carbons (Fsp3) is 0.556. The molecule has 6 nitrogen and oxygen atoms in total. The molecule has 0 N–H and O–H groups in total. The fourth-order valence-corrected chi connectivity index (χ4v) is 2.79. The van der Waals surface area contributed by atoms with Crippen molar-refractivity contribution in [3.63, 3.8) is 0 Å². The Morgan fingerprint density at radius 3 is 2.62 bits per heavy atom. The molecule has 1 fully saturated rings. The van der Waals surface area contributed by atoms with Gasteiger partial charge in [0.1, 0.15) is 18.4 Å². The third kappa shape index (κ3) is 4.06. The number of nitrogens with zero attached hydrogens (tertiary/aromatic N) is 2. The molecule has 1 aromatic rings. The number of benzene rings is 1. The Balaban J connectivity index is 1.92. The molecule has 6 heteroatoms. The minimum absolute atomic E-state index is 0.0432. The van der Waals surface area contributed by atoms with Crippen LogP contribution >= 0.6 is 0 Å². The van der Waals surface area contributed by atoms with Crippen LogP contribution < -0.4 is 4.74 Å². The van der Waals surface area contributed by atoms with E-state index in [1.54, 1.807) is 23.8 Å². The molecule has 1 heterocycles. The monoisotopic (exact) mass is 334 g/mol. The summed E-state index contributed by atoms with van der Waals surface area (Å²) in [5, 5.41) is 0. The van der Waals surface area contributed by atoms with Crippen LogP contribution in [0.25, 0.3) is 0 Å². The number of ether oxygens (including phenoxy) is 2. The normalized spacial score (nSPS) is 18.2. The van der Waals surface area contributed by atoms with Crippen molar-refractivity contribution in [3.8, 4) is 5.75 Å². The van der Waals surface area contributed by atoms with Crippen LogP contribution in [-0.4, -0.2) is 67.6 Å². The van der Waals surface area contributed by atoms with Gasteiger partial charge in [-0.05, 0) is 38.0 Å². The number of carbonyl (C=O) groups is 2. The molecule has 1 aromatic carbocycles. The number of piperazine rings is 1. The second kappa shape index (κ2) is 8.15. The van der Waals surface area contributed by atoms with Gasteiger partial charge in [0.05, 0.1) is 19.7 Å². The molecule has 0 radical (unpaired) electrons. The summed E-state index contributed by atoms with van der Waals surface area (Å²) in [5.41, 5.74) is 2.26. The molecule has 0 saturated carbocycles. The van der Waals surface area contributed by atoms with E-state index < -0.39 is 6.04 Å². The van der Waals surface area contributed by atoms with Crippen molar-refractivity contribution in [1.82, 2.24) is 9.80 Å². The van der Waals surface area contributed by atoms with Gasteiger partial charge in [-0.1, -0.05) is 12.1 Å². The number of carbonyl (C=O) groups excluding carboxylic acids is 2. The van der Waals surface area contributed by atoms with Crippen molar-refractivity contribution in [1.29, 1.82) is 0 Å². The molecular weight excluding hydrogens is 308 g/mol. The van der Waals surface area contributed by atoms with Crippen molar-refractivity contribution in [2.75, 3.05) is 40.0 Å². The van der Waals surface area contributed by atoms with Crippen molar-refractivity contribution in [2.24, 2.45) is 0 Å². The first-order valence-corrected chi connectivity index (χ1v) is 8.22. The summed E-state index contributed by atoms with van der Waals surface area (Å²) in [6.45, 7) is 7.55. The molecule has 1 saturated heterocycles. The van der Waals surface area contributed by atoms with Gasteiger partial charge in [0.15, 0.2) is 0 Å². The van der Waals surface area contributed by atoms with Crippen LogP contribution in [0.3, 0.4) is 0 Å². The Bertz CT molecular complexity index is 603. The largest absolute Gasteiger partial charge is 0.491 e. The molecule has 2 rings (SSSR count). The molecule has 1 aliphatic rings. The van der Waals surface area contributed by atoms with Crippen LogP contribution in [0, 0.1) is 13.8 Å². The van der Waals surface area contributed by atoms with E-state index in [1.807, 2.05) is 32.0 Å². The lowest BCUT2D eigenvalue weighted by Gasteiger charge is -2.38. The first-order valence-electron chi connectivity index (χ1n) is 8.22. The van der Waals surface area contributed by atoms with Gasteiger partial charge in [0.25, 0.3) is 0 Å². The van der Waals surface area contributed by atoms with Gasteiger partial charge >= 0.3 is 0 Å². The quantitative estimate of drug-likeness (QED) is 0.756. The predicted molar refractivity (Wildman–Crippen MR) is 91.0 cm³/mol. The summed E-state index contributed by atoms with van der Waals surface area (Å²) >= 11 is 0. The van der Waals surface area contributed by atoms with Crippen molar-refractivity contribution < 1.29 is 19.1 Å². The maximum atomic E-state index is 12.4. The topological polar surface area (TPSA) is 59.1 Å². The average molecular weight is 334 g/mol. The van der Waals surface area contributed by atoms with E-state index in [0.29, 0.717) is 26.3 Å². The zero-order chi connectivity index (χ0) is 17.7. The summed E-state index contributed by atoms with van der Waals surface area (Å²) < 4.78 is 10.8. The zero-order valence-corrected chi connectivity index (χ0v) is 14.9. The summed E-state index contributed by atoms with van der Waals surface area (Å²) in [5.74, 6) is 0.723. The maximum absolute atomic E-state index is 12.4. The number of amides is 2. The van der Waals surface area contributed by atoms with Crippen molar-refractivity contribution >= 4 is 11.8 Å². The van der Waals surface area contributed by atoms with Crippen molar-refractivity contribution in [2.45, 2.75) is 26.8 Å². The molecule has 0 aliphatic carbocycles. The lowest BCUT2D eigenvalue weighted by molar-refractivity contribution is -0.155. The fourth-order valence-electron chi connectivity index (χ4n) is 2.79. The van der Waals surface area contributed by atoms with Gasteiger partial charge in [-0.15, -0.1) is 0 Å². The highest BCUT2D eigenvalue weighted by atomic mass is 16.5. The summed E-state index contributed by atoms with van der Waals surface area (Å²) in [6, 6.07) is 5.43. The Hall–Kier alpha value is -2.08. The minimum Gasteiger partial charge on any atom is -0.491 e. The molecule has 1 atom stereocenters. The molecule has 24 heavy (non-hydrogen) atoms. The van der Waals surface area contributed by atoms with Crippen LogP contribution in [0.1, 0.15) is 18.1 Å². The van der Waals surface area contributed by atoms with E-state index in [-0.39, 0.29) is 18.4 Å². The van der Waals surface area contributed by atoms with E-state index >= 15 is 0 Å². The van der Waals surface area contributed by atoms with Gasteiger partial charge in [-0.25, -0.2) is 0 Å². The third-order valence-electron chi connectivity index (χ3n) is 4.49. The van der Waals surface area contributed by atoms with Crippen LogP contribution in [0.15, 0.2) is 18.2 Å². The second-order valence-corrected chi connectivity index (χ2v) is 6.06. The van der Waals surface area contributed by atoms with Gasteiger partial charge in [0, 0.05) is 13.7 Å². The second-order valence-electron chi connectivity index (χ2n) is 6.06. The van der Waals surface area contributed by atoms with E-state index in [1.165, 1.54) is 5.56 Å². The SMILES string of the molecule is COCCN1CC(=O)N(CCOc2cccc(C)c2C)[C@@H](C)C1=O. The molecule has 132 valence electrons. The molecular formula is C18H26N2O4. The Labute approximate surface area is 143 Å². The molecule has 0 unspecified atom stereocenters. The third-order valence-corrected chi connectivity index (χ3v) is 4.49. The highest BCUT2D eigenvalue weighted by molar-refractivity contribution is 5.94. The first kappa shape index (κ1) is 18.3. The van der Waals surface area contributed by atoms with E-state index in [2.05, 4.69) is 0 Å². The Morgan fingerprint density at radius 2 is 1.92 bits per heavy atom. The molecule has 1 aliphatic heterocycles. The smallest absolute Gasteiger partial charge is 0.245 e. The standard InChI is InChI=1S/C18H26N2O4/c1-13-6-5-7-16(14(13)2)24-11-9-20-15(3)18(22)19(8-10-23-4)12-17(20)21/h5-7,15H,8-12H2,1-4H3/t15-/m0/s1. The van der Waals surface area contributed by atoms with Gasteiger partial charge < -0.3 is 19.3 Å². The van der Waals surface area contributed by atoms with Gasteiger partial charge in [-0.2, -0.15) is 0 Å². The van der Waals surface area contributed by atoms with Crippen molar-refractivity contribution in [3.05, 3.63) is 29.3 Å². The average Bonchev–Trinajstić information content (AvgIpc) is 2.56. The molecule has 2 amide bonds. The van der Waals surface area contributed by atoms with Gasteiger partial charge in [-0.3, -0.25) is 9.59 Å². The summed E-state index contributed by atoms with van der Waals surface area (Å²) in [4.78, 5) is 27.8. The predicted octanol–water partition coefficient (Wildman–Crippen LogP) is 1.39. The Morgan fingerprint density at radius 1 is 1.17 bits per heavy atom. The number of rotatable bonds is 7. The number of hydrogen-bond donors (Lipinski definition) is 0. The first-order chi connectivity index (χ1) is 11.5. The lowest BCUT2D eigenvalue weighted by Crippen LogP contribution is -2.59. The van der Waals surface area contributed by atoms with E-state index in [4.69, 9.17) is 9.47 Å². The summed E-state index contributed by atoms with van der Waals surface area (Å²) in [7, 11) is 1.58. The zero-order valence-electron chi connectivity index (χ0n) is 14.9. The molecule has 0 aromatic heterocycles. The van der Waals surface area contributed by atoms with Crippen LogP contribution in [-0.2, 0) is 14.3 Å². The highest BCUT2D eigenvalue weighted by Crippen LogP contribution is 2.20. The number of aryl methyl sites for hydroxylation is 1. The van der Waals surface area contributed by atoms with Crippen LogP contribution in [0.4, 0.5) is 0 Å². The van der Waals surface area contributed by atoms with Crippen LogP contribution in [0.5, 0.6) is 5.75 Å². The van der Waals surface area contributed by atoms with Crippen LogP contribution in [0.2, 0.25) is 0 Å². The molecule has 0 bridgehead atoms. The number of hydrogen-bond acceptors (Lipinski definition) is 4. The van der Waals surface area contributed by atoms with Gasteiger partial charge in [0.2, 0.25) is 11.8 Å². The Kier molecular flexibility index (Phi) is 6.20. The minimum atomic E-state index is -0.467. The van der Waals surface area contributed by atoms with E-state index in [9.17, 15) is 9.59 Å².